The third-order valence-corrected chi connectivity index (χ3v) is 3.89. The van der Waals surface area contributed by atoms with Gasteiger partial charge < -0.3 is 10.1 Å². The van der Waals surface area contributed by atoms with E-state index in [0.717, 1.165) is 12.1 Å². The van der Waals surface area contributed by atoms with Crippen LogP contribution in [0.15, 0.2) is 40.9 Å². The molecular weight excluding hydrogens is 399 g/mol. The van der Waals surface area contributed by atoms with E-state index in [1.54, 1.807) is 13.0 Å². The Hall–Kier alpha value is -2.81. The zero-order valence-electron chi connectivity index (χ0n) is 12.9. The van der Waals surface area contributed by atoms with E-state index in [1.807, 2.05) is 0 Å². The van der Waals surface area contributed by atoms with Gasteiger partial charge in [-0.2, -0.15) is 0 Å². The molecule has 0 aromatic heterocycles. The van der Waals surface area contributed by atoms with Gasteiger partial charge in [-0.1, -0.05) is 12.1 Å². The summed E-state index contributed by atoms with van der Waals surface area (Å²) in [6.45, 7) is 0.922. The molecule has 0 aliphatic rings. The topological polar surface area (TPSA) is 98.5 Å². The first-order valence-corrected chi connectivity index (χ1v) is 7.75. The number of nitro groups is 1. The van der Waals surface area contributed by atoms with E-state index < -0.39 is 29.2 Å². The number of hydrogen-bond acceptors (Lipinski definition) is 5. The number of para-hydroxylation sites is 1. The number of esters is 1. The van der Waals surface area contributed by atoms with E-state index >= 15 is 0 Å². The van der Waals surface area contributed by atoms with Gasteiger partial charge in [-0.15, -0.1) is 0 Å². The lowest BCUT2D eigenvalue weighted by Crippen LogP contribution is -2.22. The summed E-state index contributed by atoms with van der Waals surface area (Å²) < 4.78 is 18.3. The van der Waals surface area contributed by atoms with Crippen LogP contribution in [0.5, 0.6) is 0 Å². The second-order valence-corrected chi connectivity index (χ2v) is 5.83. The number of nitro benzene ring substituents is 1. The quantitative estimate of drug-likeness (QED) is 0.461. The van der Waals surface area contributed by atoms with E-state index in [1.165, 1.54) is 18.2 Å². The first-order chi connectivity index (χ1) is 11.8. The van der Waals surface area contributed by atoms with Gasteiger partial charge in [0.1, 0.15) is 11.5 Å². The predicted octanol–water partition coefficient (Wildman–Crippen LogP) is 3.60. The molecule has 25 heavy (non-hydrogen) atoms. The van der Waals surface area contributed by atoms with E-state index in [9.17, 15) is 24.1 Å². The zero-order valence-corrected chi connectivity index (χ0v) is 14.5. The number of benzene rings is 2. The Morgan fingerprint density at radius 2 is 2.04 bits per heavy atom. The highest BCUT2D eigenvalue weighted by Gasteiger charge is 2.19. The molecule has 0 bridgehead atoms. The Balaban J connectivity index is 2.06. The molecule has 0 saturated carbocycles. The molecule has 1 N–H and O–H groups in total. The molecule has 0 fully saturated rings. The highest BCUT2D eigenvalue weighted by Crippen LogP contribution is 2.27. The van der Waals surface area contributed by atoms with Crippen LogP contribution in [0.25, 0.3) is 0 Å². The number of nitrogens with one attached hydrogen (secondary N) is 1. The van der Waals surface area contributed by atoms with Crippen molar-refractivity contribution in [3.63, 3.8) is 0 Å². The number of amides is 1. The number of carbonyl (C=O) groups excluding carboxylic acids is 2. The fraction of sp³-hybridized carbons (Fsp3) is 0.125. The van der Waals surface area contributed by atoms with E-state index in [4.69, 9.17) is 4.74 Å². The number of hydrogen-bond donors (Lipinski definition) is 1. The Morgan fingerprint density at radius 3 is 2.72 bits per heavy atom. The first kappa shape index (κ1) is 18.5. The van der Waals surface area contributed by atoms with E-state index in [2.05, 4.69) is 21.2 Å². The highest BCUT2D eigenvalue weighted by atomic mass is 79.9. The number of aryl methyl sites for hydroxylation is 1. The molecule has 2 aromatic carbocycles. The summed E-state index contributed by atoms with van der Waals surface area (Å²) in [5, 5.41) is 13.4. The lowest BCUT2D eigenvalue weighted by molar-refractivity contribution is -0.384. The van der Waals surface area contributed by atoms with Crippen LogP contribution in [0.2, 0.25) is 0 Å². The maximum Gasteiger partial charge on any atom is 0.339 e. The van der Waals surface area contributed by atoms with Crippen molar-refractivity contribution >= 4 is 39.2 Å². The van der Waals surface area contributed by atoms with Crippen molar-refractivity contribution in [1.29, 1.82) is 0 Å². The normalized spacial score (nSPS) is 10.2. The third kappa shape index (κ3) is 4.60. The Labute approximate surface area is 150 Å². The molecule has 0 saturated heterocycles. The van der Waals surface area contributed by atoms with Gasteiger partial charge in [-0.05, 0) is 46.6 Å². The van der Waals surface area contributed by atoms with Gasteiger partial charge in [0.25, 0.3) is 11.6 Å². The molecule has 1 amide bonds. The molecule has 9 heteroatoms. The van der Waals surface area contributed by atoms with Crippen molar-refractivity contribution in [2.45, 2.75) is 6.92 Å². The number of nitrogens with zero attached hydrogens (tertiary/aromatic N) is 1. The van der Waals surface area contributed by atoms with Crippen molar-refractivity contribution in [1.82, 2.24) is 0 Å². The highest BCUT2D eigenvalue weighted by molar-refractivity contribution is 9.10. The molecule has 130 valence electrons. The maximum atomic E-state index is 13.2. The number of ether oxygens (including phenoxy) is 1. The lowest BCUT2D eigenvalue weighted by atomic mass is 10.1. The van der Waals surface area contributed by atoms with Crippen LogP contribution in [0.4, 0.5) is 15.8 Å². The molecular formula is C16H12BrFN2O5. The van der Waals surface area contributed by atoms with Crippen LogP contribution in [-0.4, -0.2) is 23.4 Å². The lowest BCUT2D eigenvalue weighted by Gasteiger charge is -2.10. The average Bonchev–Trinajstić information content (AvgIpc) is 2.56. The minimum absolute atomic E-state index is 0.0282. The van der Waals surface area contributed by atoms with Gasteiger partial charge in [0.2, 0.25) is 0 Å². The van der Waals surface area contributed by atoms with Gasteiger partial charge in [0.15, 0.2) is 6.61 Å². The minimum atomic E-state index is -0.902. The summed E-state index contributed by atoms with van der Waals surface area (Å²) in [6.07, 6.45) is 0. The molecule has 0 aliphatic carbocycles. The van der Waals surface area contributed by atoms with Gasteiger partial charge in [-0.3, -0.25) is 14.9 Å². The predicted molar refractivity (Wildman–Crippen MR) is 90.8 cm³/mol. The number of rotatable bonds is 5. The van der Waals surface area contributed by atoms with Gasteiger partial charge >= 0.3 is 5.97 Å². The molecule has 0 heterocycles. The second kappa shape index (κ2) is 7.84. The Kier molecular flexibility index (Phi) is 5.81. The van der Waals surface area contributed by atoms with Gasteiger partial charge in [0, 0.05) is 10.5 Å². The average molecular weight is 411 g/mol. The van der Waals surface area contributed by atoms with Crippen LogP contribution < -0.4 is 5.32 Å². The SMILES string of the molecule is Cc1cccc([N+](=O)[O-])c1NC(=O)COC(=O)c1cc(F)ccc1Br. The molecule has 0 radical (unpaired) electrons. The van der Waals surface area contributed by atoms with Crippen LogP contribution in [0, 0.1) is 22.9 Å². The second-order valence-electron chi connectivity index (χ2n) is 4.97. The summed E-state index contributed by atoms with van der Waals surface area (Å²) in [7, 11) is 0. The molecule has 0 atom stereocenters. The fourth-order valence-electron chi connectivity index (χ4n) is 2.01. The standard InChI is InChI=1S/C16H12BrFN2O5/c1-9-3-2-4-13(20(23)24)15(9)19-14(21)8-25-16(22)11-7-10(18)5-6-12(11)17/h2-7H,8H2,1H3,(H,19,21). The van der Waals surface area contributed by atoms with Crippen LogP contribution in [-0.2, 0) is 9.53 Å². The molecule has 2 rings (SSSR count). The number of halogens is 2. The van der Waals surface area contributed by atoms with Crippen molar-refractivity contribution < 1.29 is 23.6 Å². The molecule has 7 nitrogen and oxygen atoms in total. The third-order valence-electron chi connectivity index (χ3n) is 3.19. The molecule has 2 aromatic rings. The number of anilines is 1. The van der Waals surface area contributed by atoms with Crippen LogP contribution in [0.3, 0.4) is 0 Å². The van der Waals surface area contributed by atoms with Crippen molar-refractivity contribution in [3.05, 3.63) is 67.9 Å². The van der Waals surface area contributed by atoms with E-state index in [-0.39, 0.29) is 16.9 Å². The molecule has 0 spiro atoms. The van der Waals surface area contributed by atoms with Crippen molar-refractivity contribution in [3.8, 4) is 0 Å². The summed E-state index contributed by atoms with van der Waals surface area (Å²) in [6, 6.07) is 7.80. The van der Waals surface area contributed by atoms with Crippen molar-refractivity contribution in [2.75, 3.05) is 11.9 Å². The summed E-state index contributed by atoms with van der Waals surface area (Å²) in [5.41, 5.74) is 0.171. The van der Waals surface area contributed by atoms with Crippen LogP contribution in [0.1, 0.15) is 15.9 Å². The summed E-state index contributed by atoms with van der Waals surface area (Å²) >= 11 is 3.08. The van der Waals surface area contributed by atoms with Crippen molar-refractivity contribution in [2.24, 2.45) is 0 Å². The smallest absolute Gasteiger partial charge is 0.339 e. The molecule has 0 unspecified atom stereocenters. The summed E-state index contributed by atoms with van der Waals surface area (Å²) in [5.74, 6) is -2.28. The Bertz CT molecular complexity index is 856. The Morgan fingerprint density at radius 1 is 1.32 bits per heavy atom. The van der Waals surface area contributed by atoms with E-state index in [0.29, 0.717) is 10.0 Å². The minimum Gasteiger partial charge on any atom is -0.452 e. The first-order valence-electron chi connectivity index (χ1n) is 6.95. The zero-order chi connectivity index (χ0) is 18.6. The summed E-state index contributed by atoms with van der Waals surface area (Å²) in [4.78, 5) is 34.2. The molecule has 0 aliphatic heterocycles. The van der Waals surface area contributed by atoms with Crippen LogP contribution >= 0.6 is 15.9 Å². The largest absolute Gasteiger partial charge is 0.452 e. The van der Waals surface area contributed by atoms with Gasteiger partial charge in [-0.25, -0.2) is 9.18 Å². The van der Waals surface area contributed by atoms with Gasteiger partial charge in [0.05, 0.1) is 10.5 Å². The maximum absolute atomic E-state index is 13.2. The number of carbonyl (C=O) groups is 2. The fourth-order valence-corrected chi connectivity index (χ4v) is 2.41. The monoisotopic (exact) mass is 410 g/mol.